The lowest BCUT2D eigenvalue weighted by Crippen LogP contribution is -2.32. The predicted molar refractivity (Wildman–Crippen MR) is 254 cm³/mol. The van der Waals surface area contributed by atoms with Crippen LogP contribution in [0.5, 0.6) is 0 Å². The van der Waals surface area contributed by atoms with Crippen LogP contribution in [0.1, 0.15) is 17.0 Å². The van der Waals surface area contributed by atoms with Crippen molar-refractivity contribution in [1.82, 2.24) is 0 Å². The van der Waals surface area contributed by atoms with Gasteiger partial charge in [0, 0.05) is 39.9 Å². The molecule has 0 spiro atoms. The first-order valence-corrected chi connectivity index (χ1v) is 20.8. The molecule has 1 aliphatic carbocycles. The molecular formula is C58H42N2. The fraction of sp³-hybridized carbons (Fsp3) is 0.0345. The predicted octanol–water partition coefficient (Wildman–Crippen LogP) is 15.6. The summed E-state index contributed by atoms with van der Waals surface area (Å²) in [5, 5.41) is 2.55. The van der Waals surface area contributed by atoms with Crippen molar-refractivity contribution in [3.05, 3.63) is 254 Å². The van der Waals surface area contributed by atoms with Crippen LogP contribution in [0.15, 0.2) is 243 Å². The first-order valence-electron chi connectivity index (χ1n) is 20.8. The first kappa shape index (κ1) is 35.5. The van der Waals surface area contributed by atoms with Crippen LogP contribution < -0.4 is 9.80 Å². The molecule has 11 rings (SSSR count). The summed E-state index contributed by atoms with van der Waals surface area (Å²) in [6.45, 7) is 0. The fourth-order valence-electron chi connectivity index (χ4n) is 9.43. The molecule has 0 bridgehead atoms. The average molecular weight is 767 g/mol. The Morgan fingerprint density at radius 3 is 1.50 bits per heavy atom. The standard InChI is InChI=1S/C58H42N2/c1-3-15-41(16-4-1)43-29-35-47(36-30-43)59(48-37-31-44(32-38-48)42-17-5-2-6-18-42)49-39-33-46(34-40-49)51-22-9-11-27-56(51)60-57-28-12-10-23-53(57)55-26-14-25-54(58(55)60)52-24-13-20-45-19-7-8-21-50(45)52/h1-40,55,58H. The molecule has 2 nitrogen and oxygen atoms in total. The van der Waals surface area contributed by atoms with Crippen LogP contribution in [0.25, 0.3) is 49.7 Å². The molecule has 2 atom stereocenters. The summed E-state index contributed by atoms with van der Waals surface area (Å²) < 4.78 is 0. The van der Waals surface area contributed by atoms with E-state index in [2.05, 4.69) is 252 Å². The van der Waals surface area contributed by atoms with Gasteiger partial charge in [0.25, 0.3) is 0 Å². The van der Waals surface area contributed by atoms with Gasteiger partial charge in [0.05, 0.1) is 6.04 Å². The number of allylic oxidation sites excluding steroid dienone is 2. The van der Waals surface area contributed by atoms with Gasteiger partial charge in [-0.15, -0.1) is 0 Å². The summed E-state index contributed by atoms with van der Waals surface area (Å²) in [6, 6.07) is 81.6. The zero-order valence-corrected chi connectivity index (χ0v) is 33.1. The summed E-state index contributed by atoms with van der Waals surface area (Å²) >= 11 is 0. The van der Waals surface area contributed by atoms with Gasteiger partial charge in [0.15, 0.2) is 0 Å². The number of rotatable bonds is 8. The molecule has 9 aromatic rings. The lowest BCUT2D eigenvalue weighted by atomic mass is 9.81. The molecule has 0 saturated heterocycles. The third-order valence-corrected chi connectivity index (χ3v) is 12.3. The van der Waals surface area contributed by atoms with Gasteiger partial charge in [0.1, 0.15) is 0 Å². The molecule has 0 amide bonds. The average Bonchev–Trinajstić information content (AvgIpc) is 3.67. The number of benzene rings is 9. The normalized spacial score (nSPS) is 15.3. The summed E-state index contributed by atoms with van der Waals surface area (Å²) in [7, 11) is 0. The van der Waals surface area contributed by atoms with E-state index in [9.17, 15) is 0 Å². The molecule has 0 fully saturated rings. The second-order valence-electron chi connectivity index (χ2n) is 15.7. The van der Waals surface area contributed by atoms with E-state index >= 15 is 0 Å². The zero-order chi connectivity index (χ0) is 39.8. The SMILES string of the molecule is C1=CC2c3ccccc3N(c3ccccc3-c3ccc(N(c4ccc(-c5ccccc5)cc4)c4ccc(-c5ccccc5)cc4)cc3)C2C(c2cccc3ccccc23)=C1. The highest BCUT2D eigenvalue weighted by atomic mass is 15.2. The van der Waals surface area contributed by atoms with Crippen molar-refractivity contribution < 1.29 is 0 Å². The Kier molecular flexibility index (Phi) is 9.02. The molecule has 2 aliphatic rings. The van der Waals surface area contributed by atoms with E-state index in [4.69, 9.17) is 0 Å². The van der Waals surface area contributed by atoms with E-state index in [1.807, 2.05) is 0 Å². The minimum absolute atomic E-state index is 0.104. The smallest absolute Gasteiger partial charge is 0.0701 e. The summed E-state index contributed by atoms with van der Waals surface area (Å²) in [5.74, 6) is 0.228. The van der Waals surface area contributed by atoms with Gasteiger partial charge in [-0.05, 0) is 104 Å². The van der Waals surface area contributed by atoms with E-state index in [-0.39, 0.29) is 12.0 Å². The second-order valence-corrected chi connectivity index (χ2v) is 15.7. The minimum Gasteiger partial charge on any atom is -0.332 e. The van der Waals surface area contributed by atoms with Crippen LogP contribution in [-0.2, 0) is 0 Å². The third-order valence-electron chi connectivity index (χ3n) is 12.3. The van der Waals surface area contributed by atoms with E-state index in [0.717, 1.165) is 17.1 Å². The van der Waals surface area contributed by atoms with Crippen molar-refractivity contribution in [2.24, 2.45) is 0 Å². The number of nitrogens with zero attached hydrogens (tertiary/aromatic N) is 2. The van der Waals surface area contributed by atoms with Crippen molar-refractivity contribution >= 4 is 44.8 Å². The monoisotopic (exact) mass is 766 g/mol. The molecule has 284 valence electrons. The molecule has 0 saturated carbocycles. The number of fused-ring (bicyclic) bond motifs is 4. The van der Waals surface area contributed by atoms with E-state index in [0.29, 0.717) is 0 Å². The van der Waals surface area contributed by atoms with Crippen molar-refractivity contribution in [2.45, 2.75) is 12.0 Å². The van der Waals surface area contributed by atoms with Gasteiger partial charge in [-0.2, -0.15) is 0 Å². The molecule has 1 aliphatic heterocycles. The number of para-hydroxylation sites is 2. The molecule has 2 unspecified atom stereocenters. The van der Waals surface area contributed by atoms with Crippen LogP contribution in [0.3, 0.4) is 0 Å². The Hall–Kier alpha value is -7.68. The largest absolute Gasteiger partial charge is 0.332 e. The van der Waals surface area contributed by atoms with Crippen molar-refractivity contribution in [2.75, 3.05) is 9.80 Å². The Morgan fingerprint density at radius 2 is 0.850 bits per heavy atom. The van der Waals surface area contributed by atoms with Gasteiger partial charge in [-0.3, -0.25) is 0 Å². The minimum atomic E-state index is 0.104. The van der Waals surface area contributed by atoms with Gasteiger partial charge < -0.3 is 9.80 Å². The Morgan fingerprint density at radius 1 is 0.367 bits per heavy atom. The molecule has 1 heterocycles. The quantitative estimate of drug-likeness (QED) is 0.152. The number of anilines is 5. The summed E-state index contributed by atoms with van der Waals surface area (Å²) in [5.41, 5.74) is 17.0. The highest BCUT2D eigenvalue weighted by Gasteiger charge is 2.42. The Bertz CT molecular complexity index is 2930. The molecule has 0 radical (unpaired) electrons. The Balaban J connectivity index is 0.990. The molecular weight excluding hydrogens is 725 g/mol. The Labute approximate surface area is 352 Å². The topological polar surface area (TPSA) is 6.48 Å². The van der Waals surface area contributed by atoms with E-state index in [1.165, 1.54) is 72.2 Å². The van der Waals surface area contributed by atoms with Crippen LogP contribution in [-0.4, -0.2) is 6.04 Å². The number of hydrogen-bond acceptors (Lipinski definition) is 2. The maximum Gasteiger partial charge on any atom is 0.0701 e. The maximum absolute atomic E-state index is 2.61. The van der Waals surface area contributed by atoms with Crippen molar-refractivity contribution in [3.63, 3.8) is 0 Å². The molecule has 0 N–H and O–H groups in total. The lowest BCUT2D eigenvalue weighted by molar-refractivity contribution is 0.762. The van der Waals surface area contributed by atoms with Crippen LogP contribution in [0, 0.1) is 0 Å². The highest BCUT2D eigenvalue weighted by molar-refractivity contribution is 5.99. The summed E-state index contributed by atoms with van der Waals surface area (Å²) in [4.78, 5) is 4.96. The van der Waals surface area contributed by atoms with Crippen LogP contribution in [0.4, 0.5) is 28.4 Å². The third kappa shape index (κ3) is 6.31. The fourth-order valence-corrected chi connectivity index (χ4v) is 9.43. The van der Waals surface area contributed by atoms with Crippen LogP contribution in [0.2, 0.25) is 0 Å². The van der Waals surface area contributed by atoms with Gasteiger partial charge in [-0.1, -0.05) is 194 Å². The van der Waals surface area contributed by atoms with Crippen molar-refractivity contribution in [3.8, 4) is 33.4 Å². The molecule has 60 heavy (non-hydrogen) atoms. The zero-order valence-electron chi connectivity index (χ0n) is 33.1. The summed E-state index contributed by atoms with van der Waals surface area (Å²) in [6.07, 6.45) is 6.99. The first-order chi connectivity index (χ1) is 29.8. The van der Waals surface area contributed by atoms with Gasteiger partial charge >= 0.3 is 0 Å². The van der Waals surface area contributed by atoms with Crippen molar-refractivity contribution in [1.29, 1.82) is 0 Å². The van der Waals surface area contributed by atoms with E-state index < -0.39 is 0 Å². The molecule has 2 heteroatoms. The highest BCUT2D eigenvalue weighted by Crippen LogP contribution is 2.54. The van der Waals surface area contributed by atoms with Gasteiger partial charge in [0.2, 0.25) is 0 Å². The van der Waals surface area contributed by atoms with Crippen LogP contribution >= 0.6 is 0 Å². The maximum atomic E-state index is 2.61. The molecule has 0 aromatic heterocycles. The second kappa shape index (κ2) is 15.2. The molecule has 9 aromatic carbocycles. The lowest BCUT2D eigenvalue weighted by Gasteiger charge is -2.35. The van der Waals surface area contributed by atoms with Gasteiger partial charge in [-0.25, -0.2) is 0 Å². The number of hydrogen-bond donors (Lipinski definition) is 0. The van der Waals surface area contributed by atoms with E-state index in [1.54, 1.807) is 0 Å².